The van der Waals surface area contributed by atoms with Crippen LogP contribution in [-0.2, 0) is 4.74 Å². The number of carbonyl (C=O) groups is 1. The molecule has 0 fully saturated rings. The lowest BCUT2D eigenvalue weighted by molar-refractivity contribution is 0.0505. The number of halogens is 3. The van der Waals surface area contributed by atoms with Crippen LogP contribution < -0.4 is 10.9 Å². The predicted molar refractivity (Wildman–Crippen MR) is 105 cm³/mol. The van der Waals surface area contributed by atoms with Gasteiger partial charge in [-0.3, -0.25) is 9.36 Å². The van der Waals surface area contributed by atoms with Crippen LogP contribution in [0.4, 0.5) is 18.0 Å². The number of carbonyl (C=O) groups excluding carboxylic acids is 1. The summed E-state index contributed by atoms with van der Waals surface area (Å²) in [5.74, 6) is -2.67. The molecular formula is C21H20F3N3O3. The van der Waals surface area contributed by atoms with Gasteiger partial charge in [0.2, 0.25) is 0 Å². The summed E-state index contributed by atoms with van der Waals surface area (Å²) in [4.78, 5) is 29.5. The van der Waals surface area contributed by atoms with Crippen LogP contribution in [0.25, 0.3) is 16.6 Å². The van der Waals surface area contributed by atoms with Crippen molar-refractivity contribution < 1.29 is 22.7 Å². The number of para-hydroxylation sites is 1. The van der Waals surface area contributed by atoms with Crippen molar-refractivity contribution in [2.24, 2.45) is 0 Å². The molecule has 0 aliphatic carbocycles. The molecule has 1 amide bonds. The van der Waals surface area contributed by atoms with Gasteiger partial charge in [0.1, 0.15) is 34.4 Å². The molecule has 1 heterocycles. The van der Waals surface area contributed by atoms with Crippen LogP contribution >= 0.6 is 0 Å². The molecule has 3 aromatic rings. The third-order valence-corrected chi connectivity index (χ3v) is 4.10. The van der Waals surface area contributed by atoms with Gasteiger partial charge in [0, 0.05) is 6.07 Å². The molecule has 1 N–H and O–H groups in total. The van der Waals surface area contributed by atoms with Crippen LogP contribution in [0.3, 0.4) is 0 Å². The van der Waals surface area contributed by atoms with Crippen LogP contribution in [0.5, 0.6) is 0 Å². The maximum atomic E-state index is 14.3. The van der Waals surface area contributed by atoms with Gasteiger partial charge in [0.25, 0.3) is 5.56 Å². The number of hydrogen-bond donors (Lipinski definition) is 1. The molecule has 6 nitrogen and oxygen atoms in total. The lowest BCUT2D eigenvalue weighted by Crippen LogP contribution is -2.37. The summed E-state index contributed by atoms with van der Waals surface area (Å²) >= 11 is 0. The molecule has 1 aromatic heterocycles. The molecular weight excluding hydrogens is 399 g/mol. The first-order valence-electron chi connectivity index (χ1n) is 9.13. The Labute approximate surface area is 170 Å². The molecule has 30 heavy (non-hydrogen) atoms. The zero-order valence-corrected chi connectivity index (χ0v) is 16.8. The Kier molecular flexibility index (Phi) is 5.56. The summed E-state index contributed by atoms with van der Waals surface area (Å²) in [5, 5.41) is 2.43. The fourth-order valence-corrected chi connectivity index (χ4v) is 2.95. The predicted octanol–water partition coefficient (Wildman–Crippen LogP) is 4.39. The second kappa shape index (κ2) is 7.81. The fraction of sp³-hybridized carbons (Fsp3) is 0.286. The number of alkyl carbamates (subject to hydrolysis) is 1. The molecule has 1 atom stereocenters. The van der Waals surface area contributed by atoms with Gasteiger partial charge in [0.05, 0.1) is 17.1 Å². The van der Waals surface area contributed by atoms with E-state index in [1.54, 1.807) is 20.8 Å². The highest BCUT2D eigenvalue weighted by Gasteiger charge is 2.24. The van der Waals surface area contributed by atoms with Crippen LogP contribution in [0, 0.1) is 17.5 Å². The van der Waals surface area contributed by atoms with E-state index in [2.05, 4.69) is 10.3 Å². The highest BCUT2D eigenvalue weighted by Crippen LogP contribution is 2.21. The van der Waals surface area contributed by atoms with Crippen LogP contribution in [0.2, 0.25) is 0 Å². The molecule has 2 aromatic carbocycles. The first kappa shape index (κ1) is 21.4. The van der Waals surface area contributed by atoms with Crippen LogP contribution in [0.1, 0.15) is 39.6 Å². The smallest absolute Gasteiger partial charge is 0.408 e. The molecule has 0 radical (unpaired) electrons. The second-order valence-corrected chi connectivity index (χ2v) is 7.74. The summed E-state index contributed by atoms with van der Waals surface area (Å²) in [6, 6.07) is 5.42. The van der Waals surface area contributed by atoms with E-state index in [1.807, 2.05) is 0 Å². The minimum atomic E-state index is -0.956. The normalized spacial score (nSPS) is 12.6. The zero-order valence-electron chi connectivity index (χ0n) is 16.8. The van der Waals surface area contributed by atoms with E-state index < -0.39 is 40.7 Å². The number of ether oxygens (including phenoxy) is 1. The van der Waals surface area contributed by atoms with E-state index in [1.165, 1.54) is 19.1 Å². The number of amides is 1. The average molecular weight is 419 g/mol. The molecule has 1 unspecified atom stereocenters. The molecule has 0 bridgehead atoms. The molecule has 0 saturated carbocycles. The molecule has 0 spiro atoms. The van der Waals surface area contributed by atoms with E-state index in [4.69, 9.17) is 4.74 Å². The van der Waals surface area contributed by atoms with E-state index in [0.29, 0.717) is 6.07 Å². The van der Waals surface area contributed by atoms with Crippen molar-refractivity contribution in [1.29, 1.82) is 0 Å². The third kappa shape index (κ3) is 4.45. The Bertz CT molecular complexity index is 1170. The number of hydrogen-bond acceptors (Lipinski definition) is 4. The van der Waals surface area contributed by atoms with Gasteiger partial charge < -0.3 is 10.1 Å². The van der Waals surface area contributed by atoms with Crippen molar-refractivity contribution in [3.63, 3.8) is 0 Å². The Morgan fingerprint density at radius 1 is 1.13 bits per heavy atom. The van der Waals surface area contributed by atoms with Gasteiger partial charge in [-0.15, -0.1) is 0 Å². The van der Waals surface area contributed by atoms with Gasteiger partial charge in [0.15, 0.2) is 0 Å². The summed E-state index contributed by atoms with van der Waals surface area (Å²) in [5.41, 5.74) is -1.89. The van der Waals surface area contributed by atoms with Crippen LogP contribution in [-0.4, -0.2) is 21.2 Å². The van der Waals surface area contributed by atoms with E-state index in [9.17, 15) is 22.8 Å². The zero-order chi connectivity index (χ0) is 22.2. The molecule has 9 heteroatoms. The highest BCUT2D eigenvalue weighted by molar-refractivity contribution is 5.78. The van der Waals surface area contributed by atoms with E-state index in [-0.39, 0.29) is 22.4 Å². The van der Waals surface area contributed by atoms with Crippen molar-refractivity contribution in [2.75, 3.05) is 0 Å². The number of fused-ring (bicyclic) bond motifs is 1. The topological polar surface area (TPSA) is 73.2 Å². The second-order valence-electron chi connectivity index (χ2n) is 7.74. The van der Waals surface area contributed by atoms with Gasteiger partial charge in [-0.1, -0.05) is 6.07 Å². The Morgan fingerprint density at radius 3 is 2.37 bits per heavy atom. The van der Waals surface area contributed by atoms with Crippen molar-refractivity contribution in [3.05, 3.63) is 70.0 Å². The average Bonchev–Trinajstić information content (AvgIpc) is 2.59. The molecule has 0 aliphatic rings. The highest BCUT2D eigenvalue weighted by atomic mass is 19.1. The Balaban J connectivity index is 2.22. The van der Waals surface area contributed by atoms with Crippen molar-refractivity contribution in [3.8, 4) is 5.69 Å². The summed E-state index contributed by atoms with van der Waals surface area (Å²) in [6.07, 6.45) is -0.796. The van der Waals surface area contributed by atoms with Crippen molar-refractivity contribution >= 4 is 17.0 Å². The Morgan fingerprint density at radius 2 is 1.77 bits per heavy atom. The fourth-order valence-electron chi connectivity index (χ4n) is 2.95. The standard InChI is InChI=1S/C21H20F3N3O3/c1-11(25-20(29)30-21(2,3)4)18-26-17-15(6-5-7-16(17)24)19(28)27(18)14-9-12(22)8-13(23)10-14/h5-11H,1-4H3,(H,25,29). The maximum absolute atomic E-state index is 14.3. The minimum absolute atomic E-state index is 0.0760. The SMILES string of the molecule is CC(NC(=O)OC(C)(C)C)c1nc2c(F)cccc2c(=O)n1-c1cc(F)cc(F)c1. The number of benzene rings is 2. The molecule has 158 valence electrons. The molecule has 0 saturated heterocycles. The number of rotatable bonds is 3. The minimum Gasteiger partial charge on any atom is -0.444 e. The van der Waals surface area contributed by atoms with E-state index in [0.717, 1.165) is 22.8 Å². The first-order valence-corrected chi connectivity index (χ1v) is 9.13. The lowest BCUT2D eigenvalue weighted by atomic mass is 10.2. The van der Waals surface area contributed by atoms with Gasteiger partial charge in [-0.25, -0.2) is 22.9 Å². The van der Waals surface area contributed by atoms with Gasteiger partial charge in [-0.2, -0.15) is 0 Å². The largest absolute Gasteiger partial charge is 0.444 e. The third-order valence-electron chi connectivity index (χ3n) is 4.10. The van der Waals surface area contributed by atoms with Crippen LogP contribution in [0.15, 0.2) is 41.2 Å². The molecule has 3 rings (SSSR count). The summed E-state index contributed by atoms with van der Waals surface area (Å²) in [6.45, 7) is 6.51. The quantitative estimate of drug-likeness (QED) is 0.684. The summed E-state index contributed by atoms with van der Waals surface area (Å²) in [7, 11) is 0. The number of nitrogens with zero attached hydrogens (tertiary/aromatic N) is 2. The van der Waals surface area contributed by atoms with E-state index >= 15 is 0 Å². The van der Waals surface area contributed by atoms with Crippen molar-refractivity contribution in [2.45, 2.75) is 39.3 Å². The Hall–Kier alpha value is -3.36. The number of aromatic nitrogens is 2. The lowest BCUT2D eigenvalue weighted by Gasteiger charge is -2.23. The van der Waals surface area contributed by atoms with Crippen molar-refractivity contribution in [1.82, 2.24) is 14.9 Å². The maximum Gasteiger partial charge on any atom is 0.408 e. The first-order chi connectivity index (χ1) is 14.0. The summed E-state index contributed by atoms with van der Waals surface area (Å²) < 4.78 is 48.1. The van der Waals surface area contributed by atoms with Gasteiger partial charge >= 0.3 is 6.09 Å². The molecule has 0 aliphatic heterocycles. The number of nitrogens with one attached hydrogen (secondary N) is 1. The van der Waals surface area contributed by atoms with Gasteiger partial charge in [-0.05, 0) is 52.0 Å². The monoisotopic (exact) mass is 419 g/mol.